The fourth-order valence-electron chi connectivity index (χ4n) is 2.46. The molecule has 2 unspecified atom stereocenters. The van der Waals surface area contributed by atoms with Crippen LogP contribution in [-0.4, -0.2) is 53.6 Å². The molecule has 1 aliphatic heterocycles. The summed E-state index contributed by atoms with van der Waals surface area (Å²) in [4.78, 5) is 16.0. The van der Waals surface area contributed by atoms with Gasteiger partial charge in [-0.3, -0.25) is 9.69 Å². The van der Waals surface area contributed by atoms with Gasteiger partial charge in [0.15, 0.2) is 0 Å². The van der Waals surface area contributed by atoms with Crippen molar-refractivity contribution in [3.05, 3.63) is 22.4 Å². The molecule has 2 atom stereocenters. The highest BCUT2D eigenvalue weighted by Crippen LogP contribution is 2.19. The molecule has 1 aliphatic rings. The van der Waals surface area contributed by atoms with Crippen LogP contribution in [0, 0.1) is 5.92 Å². The Bertz CT molecular complexity index is 406. The summed E-state index contributed by atoms with van der Waals surface area (Å²) in [7, 11) is 1.85. The number of aliphatic hydroxyl groups excluding tert-OH is 1. The maximum absolute atomic E-state index is 12.1. The molecular formula is C14H22N2O2S. The second kappa shape index (κ2) is 6.50. The zero-order valence-electron chi connectivity index (χ0n) is 11.6. The molecular weight excluding hydrogens is 260 g/mol. The maximum atomic E-state index is 12.1. The van der Waals surface area contributed by atoms with Crippen molar-refractivity contribution < 1.29 is 9.90 Å². The molecule has 1 aromatic heterocycles. The molecule has 2 rings (SSSR count). The van der Waals surface area contributed by atoms with Crippen molar-refractivity contribution in [1.82, 2.24) is 9.80 Å². The van der Waals surface area contributed by atoms with E-state index in [1.807, 2.05) is 25.4 Å². The number of rotatable bonds is 5. The van der Waals surface area contributed by atoms with Gasteiger partial charge >= 0.3 is 0 Å². The molecule has 1 amide bonds. The van der Waals surface area contributed by atoms with E-state index in [1.165, 1.54) is 5.56 Å². The largest absolute Gasteiger partial charge is 0.393 e. The number of carbonyl (C=O) groups is 1. The van der Waals surface area contributed by atoms with E-state index in [-0.39, 0.29) is 12.0 Å². The van der Waals surface area contributed by atoms with Crippen molar-refractivity contribution in [2.24, 2.45) is 5.92 Å². The molecule has 19 heavy (non-hydrogen) atoms. The van der Waals surface area contributed by atoms with Crippen LogP contribution in [-0.2, 0) is 11.3 Å². The number of hydrogen-bond donors (Lipinski definition) is 1. The first-order valence-corrected chi connectivity index (χ1v) is 7.66. The molecule has 5 heteroatoms. The smallest absolute Gasteiger partial charge is 0.236 e. The molecule has 0 radical (unpaired) electrons. The summed E-state index contributed by atoms with van der Waals surface area (Å²) in [6, 6.07) is 2.05. The van der Waals surface area contributed by atoms with Gasteiger partial charge in [-0.15, -0.1) is 0 Å². The molecule has 0 saturated carbocycles. The SMILES string of the molecule is CC(O)C1CCN(CC(=O)N(C)Cc2ccsc2)C1. The predicted molar refractivity (Wildman–Crippen MR) is 77.0 cm³/mol. The number of amides is 1. The van der Waals surface area contributed by atoms with Crippen LogP contribution in [0.3, 0.4) is 0 Å². The van der Waals surface area contributed by atoms with Gasteiger partial charge < -0.3 is 10.0 Å². The lowest BCUT2D eigenvalue weighted by Gasteiger charge is -2.21. The van der Waals surface area contributed by atoms with Crippen molar-refractivity contribution in [2.75, 3.05) is 26.7 Å². The standard InChI is InChI=1S/C14H22N2O2S/c1-11(17)13-3-5-16(8-13)9-14(18)15(2)7-12-4-6-19-10-12/h4,6,10-11,13,17H,3,5,7-9H2,1-2H3. The first-order valence-electron chi connectivity index (χ1n) is 6.71. The van der Waals surface area contributed by atoms with Gasteiger partial charge in [0, 0.05) is 20.1 Å². The average Bonchev–Trinajstić information content (AvgIpc) is 2.99. The third-order valence-corrected chi connectivity index (χ3v) is 4.51. The number of likely N-dealkylation sites (N-methyl/N-ethyl adjacent to an activating group) is 1. The number of nitrogens with zero attached hydrogens (tertiary/aromatic N) is 2. The van der Waals surface area contributed by atoms with Crippen molar-refractivity contribution in [2.45, 2.75) is 26.0 Å². The van der Waals surface area contributed by atoms with Gasteiger partial charge in [-0.2, -0.15) is 11.3 Å². The van der Waals surface area contributed by atoms with Crippen molar-refractivity contribution >= 4 is 17.2 Å². The van der Waals surface area contributed by atoms with Crippen LogP contribution in [0.5, 0.6) is 0 Å². The minimum absolute atomic E-state index is 0.150. The Kier molecular flexibility index (Phi) is 4.96. The van der Waals surface area contributed by atoms with Crippen LogP contribution in [0.25, 0.3) is 0 Å². The quantitative estimate of drug-likeness (QED) is 0.888. The Morgan fingerprint density at radius 3 is 3.05 bits per heavy atom. The number of hydrogen-bond acceptors (Lipinski definition) is 4. The van der Waals surface area contributed by atoms with E-state index >= 15 is 0 Å². The van der Waals surface area contributed by atoms with Crippen LogP contribution in [0.15, 0.2) is 16.8 Å². The van der Waals surface area contributed by atoms with E-state index in [0.29, 0.717) is 19.0 Å². The van der Waals surface area contributed by atoms with E-state index in [0.717, 1.165) is 19.5 Å². The summed E-state index contributed by atoms with van der Waals surface area (Å²) in [5, 5.41) is 13.7. The Hall–Kier alpha value is -0.910. The zero-order chi connectivity index (χ0) is 13.8. The Morgan fingerprint density at radius 2 is 2.47 bits per heavy atom. The van der Waals surface area contributed by atoms with E-state index in [2.05, 4.69) is 10.3 Å². The normalized spacial score (nSPS) is 21.5. The van der Waals surface area contributed by atoms with E-state index in [4.69, 9.17) is 0 Å². The highest BCUT2D eigenvalue weighted by Gasteiger charge is 2.27. The van der Waals surface area contributed by atoms with Crippen molar-refractivity contribution in [3.8, 4) is 0 Å². The van der Waals surface area contributed by atoms with Crippen LogP contribution < -0.4 is 0 Å². The van der Waals surface area contributed by atoms with Gasteiger partial charge in [-0.1, -0.05) is 0 Å². The Morgan fingerprint density at radius 1 is 1.68 bits per heavy atom. The molecule has 2 heterocycles. The average molecular weight is 282 g/mol. The van der Waals surface area contributed by atoms with Gasteiger partial charge in [0.25, 0.3) is 0 Å². The first-order chi connectivity index (χ1) is 9.06. The van der Waals surface area contributed by atoms with Crippen LogP contribution in [0.1, 0.15) is 18.9 Å². The first kappa shape index (κ1) is 14.5. The molecule has 0 aliphatic carbocycles. The van der Waals surface area contributed by atoms with Gasteiger partial charge in [-0.25, -0.2) is 0 Å². The fraction of sp³-hybridized carbons (Fsp3) is 0.643. The Balaban J connectivity index is 1.78. The lowest BCUT2D eigenvalue weighted by atomic mass is 10.0. The topological polar surface area (TPSA) is 43.8 Å². The second-order valence-electron chi connectivity index (χ2n) is 5.41. The minimum Gasteiger partial charge on any atom is -0.393 e. The minimum atomic E-state index is -0.274. The fourth-order valence-corrected chi connectivity index (χ4v) is 3.12. The summed E-state index contributed by atoms with van der Waals surface area (Å²) in [6.07, 6.45) is 0.711. The summed E-state index contributed by atoms with van der Waals surface area (Å²) >= 11 is 1.65. The number of likely N-dealkylation sites (tertiary alicyclic amines) is 1. The molecule has 1 N–H and O–H groups in total. The van der Waals surface area contributed by atoms with Gasteiger partial charge in [0.2, 0.25) is 5.91 Å². The molecule has 1 saturated heterocycles. The highest BCUT2D eigenvalue weighted by atomic mass is 32.1. The number of thiophene rings is 1. The Labute approximate surface area is 118 Å². The number of carbonyl (C=O) groups excluding carboxylic acids is 1. The van der Waals surface area contributed by atoms with E-state index in [9.17, 15) is 9.90 Å². The van der Waals surface area contributed by atoms with E-state index in [1.54, 1.807) is 16.2 Å². The number of aliphatic hydroxyl groups is 1. The molecule has 4 nitrogen and oxygen atoms in total. The lowest BCUT2D eigenvalue weighted by Crippen LogP contribution is -2.37. The van der Waals surface area contributed by atoms with Crippen LogP contribution in [0.4, 0.5) is 0 Å². The molecule has 0 spiro atoms. The third-order valence-electron chi connectivity index (χ3n) is 3.78. The van der Waals surface area contributed by atoms with Crippen molar-refractivity contribution in [1.29, 1.82) is 0 Å². The predicted octanol–water partition coefficient (Wildman–Crippen LogP) is 1.41. The summed E-state index contributed by atoms with van der Waals surface area (Å²) in [5.41, 5.74) is 1.18. The molecule has 0 bridgehead atoms. The third kappa shape index (κ3) is 4.03. The molecule has 1 aromatic rings. The molecule has 0 aromatic carbocycles. The second-order valence-corrected chi connectivity index (χ2v) is 6.19. The zero-order valence-corrected chi connectivity index (χ0v) is 12.4. The van der Waals surface area contributed by atoms with Crippen LogP contribution in [0.2, 0.25) is 0 Å². The van der Waals surface area contributed by atoms with Crippen LogP contribution >= 0.6 is 11.3 Å². The van der Waals surface area contributed by atoms with Gasteiger partial charge in [-0.05, 0) is 48.2 Å². The van der Waals surface area contributed by atoms with E-state index < -0.39 is 0 Å². The molecule has 1 fully saturated rings. The maximum Gasteiger partial charge on any atom is 0.236 e. The summed E-state index contributed by atoms with van der Waals surface area (Å²) in [5.74, 6) is 0.465. The van der Waals surface area contributed by atoms with Gasteiger partial charge in [0.1, 0.15) is 0 Å². The van der Waals surface area contributed by atoms with Crippen molar-refractivity contribution in [3.63, 3.8) is 0 Å². The molecule has 106 valence electrons. The lowest BCUT2D eigenvalue weighted by molar-refractivity contribution is -0.131. The summed E-state index contributed by atoms with van der Waals surface area (Å²) < 4.78 is 0. The van der Waals surface area contributed by atoms with Gasteiger partial charge in [0.05, 0.1) is 12.6 Å². The monoisotopic (exact) mass is 282 g/mol. The summed E-state index contributed by atoms with van der Waals surface area (Å²) in [6.45, 7) is 4.71. The highest BCUT2D eigenvalue weighted by molar-refractivity contribution is 7.07.